The van der Waals surface area contributed by atoms with Crippen molar-refractivity contribution in [3.05, 3.63) is 30.1 Å². The second-order valence-corrected chi connectivity index (χ2v) is 7.68. The zero-order valence-corrected chi connectivity index (χ0v) is 16.8. The summed E-state index contributed by atoms with van der Waals surface area (Å²) in [6.07, 6.45) is 8.08. The molecule has 28 heavy (non-hydrogen) atoms. The minimum Gasteiger partial charge on any atom is -0.466 e. The maximum atomic E-state index is 12.5. The van der Waals surface area contributed by atoms with E-state index >= 15 is 0 Å². The van der Waals surface area contributed by atoms with Crippen LogP contribution in [-0.2, 0) is 16.0 Å². The topological polar surface area (TPSA) is 74.8 Å². The monoisotopic (exact) mass is 388 g/mol. The largest absolute Gasteiger partial charge is 0.466 e. The van der Waals surface area contributed by atoms with Crippen molar-refractivity contribution in [2.45, 2.75) is 45.1 Å². The van der Waals surface area contributed by atoms with Crippen LogP contribution in [0.3, 0.4) is 0 Å². The van der Waals surface area contributed by atoms with Gasteiger partial charge in [-0.25, -0.2) is 4.79 Å². The number of nitrogens with one attached hydrogen (secondary N) is 1. The van der Waals surface area contributed by atoms with Gasteiger partial charge in [0.1, 0.15) is 0 Å². The molecule has 0 unspecified atom stereocenters. The van der Waals surface area contributed by atoms with Crippen LogP contribution < -0.4 is 5.32 Å². The molecule has 2 aliphatic rings. The number of nitrogens with zero attached hydrogens (tertiary/aromatic N) is 3. The first kappa shape index (κ1) is 20.6. The number of ether oxygens (including phenoxy) is 1. The molecule has 0 saturated carbocycles. The van der Waals surface area contributed by atoms with Crippen molar-refractivity contribution in [3.63, 3.8) is 0 Å². The van der Waals surface area contributed by atoms with Crippen LogP contribution in [0.25, 0.3) is 0 Å². The summed E-state index contributed by atoms with van der Waals surface area (Å²) in [5, 5.41) is 3.19. The second kappa shape index (κ2) is 10.4. The third kappa shape index (κ3) is 5.92. The molecule has 0 aromatic carbocycles. The molecule has 3 rings (SSSR count). The van der Waals surface area contributed by atoms with E-state index in [1.54, 1.807) is 0 Å². The van der Waals surface area contributed by atoms with E-state index in [4.69, 9.17) is 4.74 Å². The first-order valence-electron chi connectivity index (χ1n) is 10.5. The molecule has 0 radical (unpaired) electrons. The number of amides is 2. The molecule has 1 aromatic heterocycles. The van der Waals surface area contributed by atoms with Gasteiger partial charge in [-0.3, -0.25) is 9.78 Å². The number of esters is 1. The summed E-state index contributed by atoms with van der Waals surface area (Å²) in [5.74, 6) is -0.186. The summed E-state index contributed by atoms with van der Waals surface area (Å²) in [6, 6.07) is 4.39. The van der Waals surface area contributed by atoms with Crippen molar-refractivity contribution in [1.29, 1.82) is 0 Å². The van der Waals surface area contributed by atoms with E-state index in [2.05, 4.69) is 27.3 Å². The zero-order valence-electron chi connectivity index (χ0n) is 16.8. The molecule has 2 saturated heterocycles. The number of urea groups is 1. The van der Waals surface area contributed by atoms with Gasteiger partial charge in [-0.1, -0.05) is 0 Å². The molecular formula is C21H32N4O3. The van der Waals surface area contributed by atoms with Crippen LogP contribution in [0, 0.1) is 5.92 Å². The molecule has 1 aromatic rings. The van der Waals surface area contributed by atoms with Crippen molar-refractivity contribution >= 4 is 12.0 Å². The lowest BCUT2D eigenvalue weighted by atomic mass is 9.97. The first-order chi connectivity index (χ1) is 13.7. The van der Waals surface area contributed by atoms with Crippen molar-refractivity contribution < 1.29 is 14.3 Å². The van der Waals surface area contributed by atoms with Gasteiger partial charge in [0.05, 0.1) is 12.5 Å². The predicted molar refractivity (Wildman–Crippen MR) is 107 cm³/mol. The van der Waals surface area contributed by atoms with Crippen molar-refractivity contribution in [1.82, 2.24) is 20.1 Å². The SMILES string of the molecule is CCOC(=O)C1CCN(C(=O)NC2CCN(CCc3ccncc3)CC2)CC1. The number of likely N-dealkylation sites (tertiary alicyclic amines) is 2. The molecule has 2 amide bonds. The van der Waals surface area contributed by atoms with E-state index in [9.17, 15) is 9.59 Å². The van der Waals surface area contributed by atoms with E-state index in [0.29, 0.717) is 32.5 Å². The van der Waals surface area contributed by atoms with E-state index in [1.807, 2.05) is 24.2 Å². The molecule has 7 nitrogen and oxygen atoms in total. The molecule has 0 spiro atoms. The average molecular weight is 389 g/mol. The Balaban J connectivity index is 1.33. The predicted octanol–water partition coefficient (Wildman–Crippen LogP) is 2.07. The van der Waals surface area contributed by atoms with Crippen LogP contribution in [0.4, 0.5) is 4.79 Å². The van der Waals surface area contributed by atoms with Gasteiger partial charge in [0, 0.05) is 51.2 Å². The molecule has 1 N–H and O–H groups in total. The van der Waals surface area contributed by atoms with Gasteiger partial charge in [-0.15, -0.1) is 0 Å². The summed E-state index contributed by atoms with van der Waals surface area (Å²) in [5.41, 5.74) is 1.32. The maximum absolute atomic E-state index is 12.5. The zero-order chi connectivity index (χ0) is 19.8. The molecule has 2 aliphatic heterocycles. The molecular weight excluding hydrogens is 356 g/mol. The molecule has 0 aliphatic carbocycles. The summed E-state index contributed by atoms with van der Waals surface area (Å²) < 4.78 is 5.09. The molecule has 7 heteroatoms. The van der Waals surface area contributed by atoms with Gasteiger partial charge in [0.2, 0.25) is 0 Å². The Labute approximate surface area is 167 Å². The summed E-state index contributed by atoms with van der Waals surface area (Å²) in [6.45, 7) is 6.57. The quantitative estimate of drug-likeness (QED) is 0.755. The number of rotatable bonds is 6. The molecule has 2 fully saturated rings. The van der Waals surface area contributed by atoms with Gasteiger partial charge >= 0.3 is 12.0 Å². The number of piperidine rings is 2. The van der Waals surface area contributed by atoms with Crippen molar-refractivity contribution in [2.75, 3.05) is 39.3 Å². The highest BCUT2D eigenvalue weighted by Crippen LogP contribution is 2.19. The van der Waals surface area contributed by atoms with Gasteiger partial charge in [0.15, 0.2) is 0 Å². The first-order valence-corrected chi connectivity index (χ1v) is 10.5. The smallest absolute Gasteiger partial charge is 0.317 e. The third-order valence-electron chi connectivity index (χ3n) is 5.78. The summed E-state index contributed by atoms with van der Waals surface area (Å²) >= 11 is 0. The fraction of sp³-hybridized carbons (Fsp3) is 0.667. The molecule has 0 atom stereocenters. The number of carbonyl (C=O) groups excluding carboxylic acids is 2. The van der Waals surface area contributed by atoms with E-state index in [-0.39, 0.29) is 24.0 Å². The summed E-state index contributed by atoms with van der Waals surface area (Å²) in [4.78, 5) is 32.7. The Kier molecular flexibility index (Phi) is 7.65. The van der Waals surface area contributed by atoms with E-state index < -0.39 is 0 Å². The minimum atomic E-state index is -0.123. The lowest BCUT2D eigenvalue weighted by Gasteiger charge is -2.35. The number of pyridine rings is 1. The molecule has 154 valence electrons. The lowest BCUT2D eigenvalue weighted by molar-refractivity contribution is -0.149. The third-order valence-corrected chi connectivity index (χ3v) is 5.78. The summed E-state index contributed by atoms with van der Waals surface area (Å²) in [7, 11) is 0. The Hall–Kier alpha value is -2.15. The van der Waals surface area contributed by atoms with Gasteiger partial charge in [-0.2, -0.15) is 0 Å². The number of carbonyl (C=O) groups is 2. The Bertz CT molecular complexity index is 624. The highest BCUT2D eigenvalue weighted by atomic mass is 16.5. The molecule has 3 heterocycles. The normalized spacial score (nSPS) is 19.4. The van der Waals surface area contributed by atoms with Gasteiger partial charge in [-0.05, 0) is 56.7 Å². The van der Waals surface area contributed by atoms with E-state index in [1.165, 1.54) is 5.56 Å². The Morgan fingerprint density at radius 1 is 1.11 bits per heavy atom. The van der Waals surface area contributed by atoms with Crippen LogP contribution >= 0.6 is 0 Å². The standard InChI is InChI=1S/C21H32N4O3/c1-2-28-20(26)18-6-15-25(16-7-18)21(27)23-19-8-13-24(14-9-19)12-5-17-3-10-22-11-4-17/h3-4,10-11,18-19H,2,5-9,12-16H2,1H3,(H,23,27). The van der Waals surface area contributed by atoms with Gasteiger partial charge < -0.3 is 19.9 Å². The Morgan fingerprint density at radius 3 is 2.43 bits per heavy atom. The van der Waals surface area contributed by atoms with E-state index in [0.717, 1.165) is 38.9 Å². The fourth-order valence-corrected chi connectivity index (χ4v) is 3.98. The van der Waals surface area contributed by atoms with Crippen molar-refractivity contribution in [3.8, 4) is 0 Å². The fourth-order valence-electron chi connectivity index (χ4n) is 3.98. The second-order valence-electron chi connectivity index (χ2n) is 7.68. The minimum absolute atomic E-state index is 0.0116. The number of aromatic nitrogens is 1. The van der Waals surface area contributed by atoms with Crippen LogP contribution in [-0.4, -0.2) is 72.2 Å². The van der Waals surface area contributed by atoms with Crippen LogP contribution in [0.15, 0.2) is 24.5 Å². The highest BCUT2D eigenvalue weighted by molar-refractivity contribution is 5.76. The van der Waals surface area contributed by atoms with Crippen LogP contribution in [0.2, 0.25) is 0 Å². The number of hydrogen-bond donors (Lipinski definition) is 1. The molecule has 0 bridgehead atoms. The van der Waals surface area contributed by atoms with Gasteiger partial charge in [0.25, 0.3) is 0 Å². The lowest BCUT2D eigenvalue weighted by Crippen LogP contribution is -2.51. The Morgan fingerprint density at radius 2 is 1.79 bits per heavy atom. The average Bonchev–Trinajstić information content (AvgIpc) is 2.74. The number of hydrogen-bond acceptors (Lipinski definition) is 5. The van der Waals surface area contributed by atoms with Crippen LogP contribution in [0.1, 0.15) is 38.2 Å². The van der Waals surface area contributed by atoms with Crippen molar-refractivity contribution in [2.24, 2.45) is 5.92 Å². The highest BCUT2D eigenvalue weighted by Gasteiger charge is 2.29. The van der Waals surface area contributed by atoms with Crippen LogP contribution in [0.5, 0.6) is 0 Å². The maximum Gasteiger partial charge on any atom is 0.317 e.